The van der Waals surface area contributed by atoms with Crippen LogP contribution in [0.25, 0.3) is 0 Å². The molecule has 4 aliphatic rings. The number of hydrogen-bond donors (Lipinski definition) is 3. The summed E-state index contributed by atoms with van der Waals surface area (Å²) >= 11 is 0. The van der Waals surface area contributed by atoms with E-state index in [1.807, 2.05) is 18.2 Å². The van der Waals surface area contributed by atoms with Gasteiger partial charge in [0.25, 0.3) is 5.91 Å². The molecule has 5 rings (SSSR count). The summed E-state index contributed by atoms with van der Waals surface area (Å²) in [4.78, 5) is 38.4. The number of piperidine rings is 2. The lowest BCUT2D eigenvalue weighted by Gasteiger charge is -2.47. The van der Waals surface area contributed by atoms with Crippen molar-refractivity contribution in [3.05, 3.63) is 34.9 Å². The molecule has 3 heterocycles. The first-order valence-corrected chi connectivity index (χ1v) is 10.3. The third kappa shape index (κ3) is 2.93. The summed E-state index contributed by atoms with van der Waals surface area (Å²) in [7, 11) is 0. The average molecular weight is 382 g/mol. The largest absolute Gasteiger partial charge is 0.322 e. The van der Waals surface area contributed by atoms with Crippen LogP contribution in [0.5, 0.6) is 0 Å². The molecule has 1 aliphatic carbocycles. The Bertz CT molecular complexity index is 839. The number of carbonyl (C=O) groups excluding carboxylic acids is 3. The minimum Gasteiger partial charge on any atom is -0.322 e. The van der Waals surface area contributed by atoms with Crippen molar-refractivity contribution in [2.24, 2.45) is 5.92 Å². The predicted molar refractivity (Wildman–Crippen MR) is 102 cm³/mol. The highest BCUT2D eigenvalue weighted by molar-refractivity contribution is 6.05. The molecule has 7 heteroatoms. The van der Waals surface area contributed by atoms with Gasteiger partial charge in [-0.05, 0) is 49.3 Å². The molecule has 1 aromatic rings. The fourth-order valence-electron chi connectivity index (χ4n) is 5.23. The number of fused-ring (bicyclic) bond motifs is 2. The van der Waals surface area contributed by atoms with Crippen molar-refractivity contribution < 1.29 is 14.4 Å². The van der Waals surface area contributed by atoms with E-state index in [0.717, 1.165) is 29.7 Å². The quantitative estimate of drug-likeness (QED) is 0.666. The van der Waals surface area contributed by atoms with E-state index in [4.69, 9.17) is 0 Å². The molecule has 28 heavy (non-hydrogen) atoms. The Kier molecular flexibility index (Phi) is 4.44. The number of amides is 3. The third-order valence-electron chi connectivity index (χ3n) is 6.90. The van der Waals surface area contributed by atoms with Gasteiger partial charge in [-0.2, -0.15) is 0 Å². The third-order valence-corrected chi connectivity index (χ3v) is 6.90. The van der Waals surface area contributed by atoms with E-state index in [2.05, 4.69) is 16.0 Å². The van der Waals surface area contributed by atoms with Crippen LogP contribution in [0.4, 0.5) is 0 Å². The monoisotopic (exact) mass is 382 g/mol. The maximum absolute atomic E-state index is 13.1. The summed E-state index contributed by atoms with van der Waals surface area (Å²) in [5.74, 6) is -0.00991. The predicted octanol–water partition coefficient (Wildman–Crippen LogP) is 0.678. The van der Waals surface area contributed by atoms with E-state index in [0.29, 0.717) is 37.5 Å². The summed E-state index contributed by atoms with van der Waals surface area (Å²) < 4.78 is 0. The fraction of sp³-hybridized carbons (Fsp3) is 0.571. The molecule has 1 aromatic carbocycles. The fourth-order valence-corrected chi connectivity index (χ4v) is 5.23. The number of nitrogens with zero attached hydrogens (tertiary/aromatic N) is 1. The summed E-state index contributed by atoms with van der Waals surface area (Å²) in [5.41, 5.74) is 2.71. The van der Waals surface area contributed by atoms with Crippen LogP contribution >= 0.6 is 0 Å². The van der Waals surface area contributed by atoms with Crippen molar-refractivity contribution in [2.75, 3.05) is 6.54 Å². The van der Waals surface area contributed by atoms with Gasteiger partial charge in [0.15, 0.2) is 0 Å². The van der Waals surface area contributed by atoms with Crippen LogP contribution in [0, 0.1) is 5.92 Å². The second kappa shape index (κ2) is 6.97. The highest BCUT2D eigenvalue weighted by Crippen LogP contribution is 2.35. The lowest BCUT2D eigenvalue weighted by atomic mass is 9.71. The van der Waals surface area contributed by atoms with Gasteiger partial charge in [0.2, 0.25) is 11.8 Å². The van der Waals surface area contributed by atoms with Gasteiger partial charge in [0.05, 0.1) is 0 Å². The van der Waals surface area contributed by atoms with Crippen LogP contribution in [-0.2, 0) is 22.7 Å². The Morgan fingerprint density at radius 1 is 1.11 bits per heavy atom. The number of carbonyl (C=O) groups is 3. The summed E-state index contributed by atoms with van der Waals surface area (Å²) in [5, 5.41) is 9.64. The molecule has 0 aromatic heterocycles. The molecule has 0 radical (unpaired) electrons. The molecule has 3 amide bonds. The van der Waals surface area contributed by atoms with Crippen molar-refractivity contribution in [1.29, 1.82) is 0 Å². The molecule has 3 aliphatic heterocycles. The zero-order valence-electron chi connectivity index (χ0n) is 15.9. The molecule has 4 atom stereocenters. The molecule has 148 valence electrons. The van der Waals surface area contributed by atoms with Gasteiger partial charge in [-0.1, -0.05) is 18.2 Å². The molecule has 0 bridgehead atoms. The maximum Gasteiger partial charge on any atom is 0.255 e. The maximum atomic E-state index is 13.1. The highest BCUT2D eigenvalue weighted by Gasteiger charge is 2.41. The molecule has 7 nitrogen and oxygen atoms in total. The zero-order valence-corrected chi connectivity index (χ0v) is 15.9. The zero-order chi connectivity index (χ0) is 19.3. The first kappa shape index (κ1) is 17.8. The van der Waals surface area contributed by atoms with Gasteiger partial charge in [0, 0.05) is 37.2 Å². The van der Waals surface area contributed by atoms with Crippen LogP contribution in [-0.4, -0.2) is 47.3 Å². The number of rotatable bonds is 4. The molecular weight excluding hydrogens is 356 g/mol. The number of imide groups is 1. The summed E-state index contributed by atoms with van der Waals surface area (Å²) in [6.45, 7) is 2.16. The average Bonchev–Trinajstić information content (AvgIpc) is 2.98. The van der Waals surface area contributed by atoms with Gasteiger partial charge < -0.3 is 15.5 Å². The SMILES string of the molecule is O=C1CCC(N2Cc3cccc(CNC4CCNC5CCC54)c3C2=O)C(=O)N1. The van der Waals surface area contributed by atoms with Gasteiger partial charge in [-0.15, -0.1) is 0 Å². The first-order chi connectivity index (χ1) is 13.6. The van der Waals surface area contributed by atoms with E-state index in [9.17, 15) is 14.4 Å². The van der Waals surface area contributed by atoms with Crippen molar-refractivity contribution in [1.82, 2.24) is 20.9 Å². The molecule has 4 unspecified atom stereocenters. The van der Waals surface area contributed by atoms with Crippen molar-refractivity contribution in [2.45, 2.75) is 63.3 Å². The number of hydrogen-bond acceptors (Lipinski definition) is 5. The Morgan fingerprint density at radius 2 is 2.00 bits per heavy atom. The second-order valence-electron chi connectivity index (χ2n) is 8.43. The molecular formula is C21H26N4O3. The highest BCUT2D eigenvalue weighted by atomic mass is 16.2. The van der Waals surface area contributed by atoms with Gasteiger partial charge in [0.1, 0.15) is 6.04 Å². The number of benzene rings is 1. The smallest absolute Gasteiger partial charge is 0.255 e. The minimum absolute atomic E-state index is 0.0891. The lowest BCUT2D eigenvalue weighted by Crippen LogP contribution is -2.58. The molecule has 1 saturated carbocycles. The topological polar surface area (TPSA) is 90.5 Å². The standard InChI is InChI=1S/C21H26N4O3/c26-18-7-6-17(20(27)24-18)25-11-13-3-1-2-12(19(13)21(25)28)10-23-16-8-9-22-15-5-4-14(15)16/h1-3,14-17,22-23H,4-11H2,(H,24,26,27). The van der Waals surface area contributed by atoms with Crippen molar-refractivity contribution in [3.63, 3.8) is 0 Å². The normalized spacial score (nSPS) is 31.9. The Balaban J connectivity index is 1.31. The Hall–Kier alpha value is -2.25. The molecule has 2 saturated heterocycles. The summed E-state index contributed by atoms with van der Waals surface area (Å²) in [6.07, 6.45) is 4.33. The van der Waals surface area contributed by atoms with E-state index < -0.39 is 6.04 Å². The lowest BCUT2D eigenvalue weighted by molar-refractivity contribution is -0.136. The molecule has 0 spiro atoms. The van der Waals surface area contributed by atoms with Crippen LogP contribution in [0.3, 0.4) is 0 Å². The van der Waals surface area contributed by atoms with Crippen molar-refractivity contribution >= 4 is 17.7 Å². The summed E-state index contributed by atoms with van der Waals surface area (Å²) in [6, 6.07) is 6.56. The van der Waals surface area contributed by atoms with E-state index in [1.165, 1.54) is 12.8 Å². The Labute approximate surface area is 164 Å². The minimum atomic E-state index is -0.557. The van der Waals surface area contributed by atoms with E-state index in [-0.39, 0.29) is 24.1 Å². The molecule has 3 fully saturated rings. The van der Waals surface area contributed by atoms with Crippen LogP contribution in [0.1, 0.15) is 53.6 Å². The second-order valence-corrected chi connectivity index (χ2v) is 8.43. The van der Waals surface area contributed by atoms with Gasteiger partial charge in [-0.25, -0.2) is 0 Å². The van der Waals surface area contributed by atoms with Gasteiger partial charge in [-0.3, -0.25) is 19.7 Å². The number of nitrogens with one attached hydrogen (secondary N) is 3. The van der Waals surface area contributed by atoms with Crippen LogP contribution in [0.2, 0.25) is 0 Å². The van der Waals surface area contributed by atoms with Crippen LogP contribution < -0.4 is 16.0 Å². The first-order valence-electron chi connectivity index (χ1n) is 10.3. The van der Waals surface area contributed by atoms with Gasteiger partial charge >= 0.3 is 0 Å². The van der Waals surface area contributed by atoms with E-state index in [1.54, 1.807) is 4.90 Å². The van der Waals surface area contributed by atoms with Crippen molar-refractivity contribution in [3.8, 4) is 0 Å². The molecule has 3 N–H and O–H groups in total. The Morgan fingerprint density at radius 3 is 2.79 bits per heavy atom. The van der Waals surface area contributed by atoms with E-state index >= 15 is 0 Å². The van der Waals surface area contributed by atoms with Crippen LogP contribution in [0.15, 0.2) is 18.2 Å².